The van der Waals surface area contributed by atoms with E-state index >= 15 is 0 Å². The Kier molecular flexibility index (Phi) is 2.97. The SMILES string of the molecule is CN1CCc2cc3c(cc2C1[C@@H]1OC(=O)c2c1ccc1c2OCO1)OCO3. The standard InChI is InChI=1S/C20H17NO6/c1-21-5-4-10-6-14-15(25-8-24-14)7-12(10)17(21)18-11-2-3-13-19(26-9-23-13)16(11)20(22)27-18/h2-3,6-7,17-18H,4-5,8-9H2,1H3/t17?,18-/m1/s1. The average Bonchev–Trinajstić information content (AvgIpc) is 3.38. The number of benzene rings is 2. The van der Waals surface area contributed by atoms with Gasteiger partial charge in [-0.3, -0.25) is 4.90 Å². The van der Waals surface area contributed by atoms with E-state index in [1.54, 1.807) is 0 Å². The number of fused-ring (bicyclic) bond motifs is 5. The molecule has 0 fully saturated rings. The van der Waals surface area contributed by atoms with Crippen LogP contribution in [0.2, 0.25) is 0 Å². The highest BCUT2D eigenvalue weighted by atomic mass is 16.7. The van der Waals surface area contributed by atoms with Gasteiger partial charge in [0, 0.05) is 12.1 Å². The summed E-state index contributed by atoms with van der Waals surface area (Å²) in [5, 5.41) is 0. The summed E-state index contributed by atoms with van der Waals surface area (Å²) >= 11 is 0. The number of hydrogen-bond acceptors (Lipinski definition) is 7. The van der Waals surface area contributed by atoms with Gasteiger partial charge in [-0.2, -0.15) is 0 Å². The molecule has 0 radical (unpaired) electrons. The van der Waals surface area contributed by atoms with E-state index in [-0.39, 0.29) is 25.6 Å². The third kappa shape index (κ3) is 2.03. The van der Waals surface area contributed by atoms with Crippen molar-refractivity contribution >= 4 is 5.97 Å². The first-order valence-corrected chi connectivity index (χ1v) is 8.97. The van der Waals surface area contributed by atoms with Gasteiger partial charge in [0.15, 0.2) is 23.0 Å². The van der Waals surface area contributed by atoms with Crippen LogP contribution in [0.3, 0.4) is 0 Å². The number of rotatable bonds is 1. The summed E-state index contributed by atoms with van der Waals surface area (Å²) in [6.07, 6.45) is 0.500. The third-order valence-corrected chi connectivity index (χ3v) is 5.76. The number of carbonyl (C=O) groups excluding carboxylic acids is 1. The van der Waals surface area contributed by atoms with Crippen molar-refractivity contribution in [2.24, 2.45) is 0 Å². The molecule has 0 amide bonds. The van der Waals surface area contributed by atoms with Crippen LogP contribution in [0.15, 0.2) is 24.3 Å². The van der Waals surface area contributed by atoms with Gasteiger partial charge in [0.1, 0.15) is 11.7 Å². The molecule has 4 aliphatic rings. The van der Waals surface area contributed by atoms with Crippen LogP contribution >= 0.6 is 0 Å². The quantitative estimate of drug-likeness (QED) is 0.718. The molecule has 0 saturated heterocycles. The van der Waals surface area contributed by atoms with Crippen LogP contribution < -0.4 is 18.9 Å². The zero-order valence-corrected chi connectivity index (χ0v) is 14.7. The van der Waals surface area contributed by atoms with Crippen LogP contribution in [0, 0.1) is 0 Å². The number of nitrogens with zero attached hydrogens (tertiary/aromatic N) is 1. The average molecular weight is 367 g/mol. The van der Waals surface area contributed by atoms with Crippen LogP contribution in [0.25, 0.3) is 0 Å². The van der Waals surface area contributed by atoms with Gasteiger partial charge in [-0.05, 0) is 42.8 Å². The zero-order valence-electron chi connectivity index (χ0n) is 14.7. The molecule has 4 aliphatic heterocycles. The van der Waals surface area contributed by atoms with E-state index in [1.807, 2.05) is 18.2 Å². The molecular formula is C20H17NO6. The van der Waals surface area contributed by atoms with Crippen molar-refractivity contribution in [1.29, 1.82) is 0 Å². The van der Waals surface area contributed by atoms with Gasteiger partial charge < -0.3 is 23.7 Å². The molecule has 4 heterocycles. The fourth-order valence-corrected chi connectivity index (χ4v) is 4.47. The molecule has 0 bridgehead atoms. The number of likely N-dealkylation sites (N-methyl/N-ethyl adjacent to an activating group) is 1. The van der Waals surface area contributed by atoms with Crippen molar-refractivity contribution < 1.29 is 28.5 Å². The molecule has 2 aromatic carbocycles. The monoisotopic (exact) mass is 367 g/mol. The van der Waals surface area contributed by atoms with E-state index in [0.717, 1.165) is 35.6 Å². The minimum Gasteiger partial charge on any atom is -0.454 e. The van der Waals surface area contributed by atoms with Gasteiger partial charge in [-0.25, -0.2) is 4.79 Å². The Morgan fingerprint density at radius 1 is 0.963 bits per heavy atom. The summed E-state index contributed by atoms with van der Waals surface area (Å²) in [4.78, 5) is 14.9. The summed E-state index contributed by atoms with van der Waals surface area (Å²) in [6.45, 7) is 1.23. The Hall–Kier alpha value is -2.93. The molecule has 138 valence electrons. The predicted molar refractivity (Wildman–Crippen MR) is 92.4 cm³/mol. The summed E-state index contributed by atoms with van der Waals surface area (Å²) < 4.78 is 27.9. The first-order chi connectivity index (χ1) is 13.2. The number of esters is 1. The molecule has 0 aromatic heterocycles. The molecule has 1 unspecified atom stereocenters. The van der Waals surface area contributed by atoms with Crippen molar-refractivity contribution in [3.63, 3.8) is 0 Å². The van der Waals surface area contributed by atoms with Crippen LogP contribution in [-0.2, 0) is 11.2 Å². The Labute approximate surface area is 155 Å². The Morgan fingerprint density at radius 3 is 2.63 bits per heavy atom. The van der Waals surface area contributed by atoms with Gasteiger partial charge in [0.05, 0.1) is 6.04 Å². The summed E-state index contributed by atoms with van der Waals surface area (Å²) in [5.74, 6) is 2.24. The maximum atomic E-state index is 12.7. The fraction of sp³-hybridized carbons (Fsp3) is 0.350. The molecule has 0 aliphatic carbocycles. The van der Waals surface area contributed by atoms with Gasteiger partial charge in [0.2, 0.25) is 13.6 Å². The van der Waals surface area contributed by atoms with Crippen molar-refractivity contribution in [1.82, 2.24) is 4.90 Å². The van der Waals surface area contributed by atoms with Gasteiger partial charge in [0.25, 0.3) is 0 Å². The Balaban J connectivity index is 1.49. The minimum absolute atomic E-state index is 0.103. The lowest BCUT2D eigenvalue weighted by atomic mass is 9.86. The molecular weight excluding hydrogens is 350 g/mol. The van der Waals surface area contributed by atoms with E-state index in [9.17, 15) is 4.79 Å². The molecule has 7 nitrogen and oxygen atoms in total. The molecule has 27 heavy (non-hydrogen) atoms. The minimum atomic E-state index is -0.411. The number of carbonyl (C=O) groups is 1. The highest BCUT2D eigenvalue weighted by Crippen LogP contribution is 2.51. The summed E-state index contributed by atoms with van der Waals surface area (Å²) in [6, 6.07) is 7.73. The Morgan fingerprint density at radius 2 is 1.74 bits per heavy atom. The van der Waals surface area contributed by atoms with E-state index in [2.05, 4.69) is 18.0 Å². The van der Waals surface area contributed by atoms with Crippen molar-refractivity contribution in [2.75, 3.05) is 27.2 Å². The summed E-state index contributed by atoms with van der Waals surface area (Å²) in [5.41, 5.74) is 3.63. The van der Waals surface area contributed by atoms with Crippen LogP contribution in [0.1, 0.15) is 39.2 Å². The topological polar surface area (TPSA) is 66.5 Å². The second kappa shape index (κ2) is 5.29. The van der Waals surface area contributed by atoms with Crippen LogP contribution in [0.5, 0.6) is 23.0 Å². The third-order valence-electron chi connectivity index (χ3n) is 5.76. The molecule has 0 N–H and O–H groups in total. The van der Waals surface area contributed by atoms with Gasteiger partial charge in [-0.1, -0.05) is 6.07 Å². The van der Waals surface area contributed by atoms with Crippen molar-refractivity contribution in [3.8, 4) is 23.0 Å². The number of cyclic esters (lactones) is 1. The van der Waals surface area contributed by atoms with Crippen molar-refractivity contribution in [2.45, 2.75) is 18.6 Å². The normalized spacial score (nSPS) is 24.6. The highest BCUT2D eigenvalue weighted by molar-refractivity contribution is 5.98. The lowest BCUT2D eigenvalue weighted by molar-refractivity contribution is 0.00932. The Bertz CT molecular complexity index is 987. The second-order valence-corrected chi connectivity index (χ2v) is 7.17. The first kappa shape index (κ1) is 15.2. The molecule has 0 saturated carbocycles. The summed E-state index contributed by atoms with van der Waals surface area (Å²) in [7, 11) is 2.05. The lowest BCUT2D eigenvalue weighted by Crippen LogP contribution is -2.36. The van der Waals surface area contributed by atoms with E-state index in [1.165, 1.54) is 5.56 Å². The molecule has 0 spiro atoms. The molecule has 6 rings (SSSR count). The zero-order chi connectivity index (χ0) is 18.1. The van der Waals surface area contributed by atoms with E-state index in [0.29, 0.717) is 17.1 Å². The molecule has 7 heteroatoms. The van der Waals surface area contributed by atoms with Gasteiger partial charge in [-0.15, -0.1) is 0 Å². The van der Waals surface area contributed by atoms with Crippen molar-refractivity contribution in [3.05, 3.63) is 46.5 Å². The van der Waals surface area contributed by atoms with Crippen LogP contribution in [-0.4, -0.2) is 38.0 Å². The fourth-order valence-electron chi connectivity index (χ4n) is 4.47. The van der Waals surface area contributed by atoms with E-state index < -0.39 is 6.10 Å². The molecule has 2 aromatic rings. The second-order valence-electron chi connectivity index (χ2n) is 7.17. The largest absolute Gasteiger partial charge is 0.454 e. The number of ether oxygens (including phenoxy) is 5. The maximum Gasteiger partial charge on any atom is 0.343 e. The number of hydrogen-bond donors (Lipinski definition) is 0. The van der Waals surface area contributed by atoms with Crippen LogP contribution in [0.4, 0.5) is 0 Å². The van der Waals surface area contributed by atoms with E-state index in [4.69, 9.17) is 23.7 Å². The smallest absolute Gasteiger partial charge is 0.343 e. The lowest BCUT2D eigenvalue weighted by Gasteiger charge is -2.37. The van der Waals surface area contributed by atoms with Gasteiger partial charge >= 0.3 is 5.97 Å². The molecule has 2 atom stereocenters. The predicted octanol–water partition coefficient (Wildman–Crippen LogP) is 2.58. The maximum absolute atomic E-state index is 12.7. The highest BCUT2D eigenvalue weighted by Gasteiger charge is 2.45. The first-order valence-electron chi connectivity index (χ1n) is 8.97.